The molecule has 170 valence electrons. The average Bonchev–Trinajstić information content (AvgIpc) is 2.63. The third-order valence-corrected chi connectivity index (χ3v) is 5.68. The molecule has 0 aromatic rings. The Morgan fingerprint density at radius 1 is 1.00 bits per heavy atom. The van der Waals surface area contributed by atoms with E-state index < -0.39 is 6.04 Å². The van der Waals surface area contributed by atoms with Gasteiger partial charge in [0.05, 0.1) is 18.2 Å². The van der Waals surface area contributed by atoms with Gasteiger partial charge in [0.2, 0.25) is 11.8 Å². The first-order valence-electron chi connectivity index (χ1n) is 10.7. The Morgan fingerprint density at radius 2 is 1.52 bits per heavy atom. The van der Waals surface area contributed by atoms with Crippen molar-refractivity contribution in [1.82, 2.24) is 15.5 Å². The van der Waals surface area contributed by atoms with Gasteiger partial charge in [-0.05, 0) is 31.7 Å². The third-order valence-electron chi connectivity index (χ3n) is 5.68. The predicted octanol–water partition coefficient (Wildman–Crippen LogP) is 2.24. The van der Waals surface area contributed by atoms with E-state index in [-0.39, 0.29) is 60.0 Å². The van der Waals surface area contributed by atoms with E-state index in [2.05, 4.69) is 24.5 Å². The van der Waals surface area contributed by atoms with Gasteiger partial charge in [-0.15, -0.1) is 0 Å². The average molecular weight is 414 g/mol. The number of amides is 2. The first-order chi connectivity index (χ1) is 13.4. The number of nitrogens with zero attached hydrogens (tertiary/aromatic N) is 1. The Balaban J connectivity index is 5.72. The lowest BCUT2D eigenvalue weighted by atomic mass is 9.89. The van der Waals surface area contributed by atoms with Gasteiger partial charge in [0.1, 0.15) is 11.8 Å². The molecule has 7 nitrogen and oxygen atoms in total. The van der Waals surface area contributed by atoms with Gasteiger partial charge >= 0.3 is 0 Å². The van der Waals surface area contributed by atoms with Crippen molar-refractivity contribution in [2.45, 2.75) is 85.5 Å². The normalized spacial score (nSPS) is 16.8. The van der Waals surface area contributed by atoms with Crippen LogP contribution >= 0.6 is 0 Å². The summed E-state index contributed by atoms with van der Waals surface area (Å²) in [5, 5.41) is 5.96. The van der Waals surface area contributed by atoms with Crippen LogP contribution in [0.3, 0.4) is 0 Å². The molecule has 0 rings (SSSR count). The van der Waals surface area contributed by atoms with Crippen LogP contribution in [0.25, 0.3) is 0 Å². The monoisotopic (exact) mass is 413 g/mol. The highest BCUT2D eigenvalue weighted by Gasteiger charge is 2.37. The molecule has 0 heterocycles. The summed E-state index contributed by atoms with van der Waals surface area (Å²) in [6.07, 6.45) is 0.700. The Bertz CT molecular complexity index is 536. The highest BCUT2D eigenvalue weighted by molar-refractivity contribution is 5.90. The molecule has 5 atom stereocenters. The molecule has 2 N–H and O–H groups in total. The Hall–Kier alpha value is -1.47. The number of ketones is 1. The van der Waals surface area contributed by atoms with Crippen LogP contribution in [0.15, 0.2) is 0 Å². The summed E-state index contributed by atoms with van der Waals surface area (Å²) in [5.41, 5.74) is 0. The van der Waals surface area contributed by atoms with E-state index in [9.17, 15) is 14.4 Å². The summed E-state index contributed by atoms with van der Waals surface area (Å²) in [5.74, 6) is -0.171. The molecular formula is C22H43N3O4. The number of hydrogen-bond donors (Lipinski definition) is 2. The van der Waals surface area contributed by atoms with Crippen molar-refractivity contribution in [3.05, 3.63) is 0 Å². The maximum Gasteiger partial charge on any atom is 0.245 e. The van der Waals surface area contributed by atoms with E-state index in [0.29, 0.717) is 0 Å². The van der Waals surface area contributed by atoms with E-state index in [1.165, 1.54) is 6.92 Å². The van der Waals surface area contributed by atoms with Crippen LogP contribution in [0.4, 0.5) is 0 Å². The highest BCUT2D eigenvalue weighted by Crippen LogP contribution is 2.23. The first-order valence-corrected chi connectivity index (χ1v) is 10.7. The van der Waals surface area contributed by atoms with Gasteiger partial charge in [-0.2, -0.15) is 0 Å². The SMILES string of the molecule is CCC(C)C(C(CC(C)=O)OC)N(C)C(=O)C(NC(=O)C(NC)C(C)C)C(C)C. The second-order valence-corrected chi connectivity index (χ2v) is 8.75. The molecule has 0 aliphatic heterocycles. The smallest absolute Gasteiger partial charge is 0.245 e. The van der Waals surface area contributed by atoms with Crippen molar-refractivity contribution >= 4 is 17.6 Å². The highest BCUT2D eigenvalue weighted by atomic mass is 16.5. The fourth-order valence-corrected chi connectivity index (χ4v) is 3.76. The number of carbonyl (C=O) groups is 3. The van der Waals surface area contributed by atoms with E-state index in [1.807, 2.05) is 27.7 Å². The molecule has 0 aliphatic rings. The number of rotatable bonds is 13. The van der Waals surface area contributed by atoms with Crippen molar-refractivity contribution < 1.29 is 19.1 Å². The van der Waals surface area contributed by atoms with Gasteiger partial charge in [0.15, 0.2) is 0 Å². The maximum atomic E-state index is 13.4. The van der Waals surface area contributed by atoms with Crippen molar-refractivity contribution in [2.24, 2.45) is 17.8 Å². The molecule has 2 amide bonds. The van der Waals surface area contributed by atoms with Crippen molar-refractivity contribution in [3.63, 3.8) is 0 Å². The molecule has 0 aromatic carbocycles. The molecule has 29 heavy (non-hydrogen) atoms. The summed E-state index contributed by atoms with van der Waals surface area (Å²) in [4.78, 5) is 39.6. The second kappa shape index (κ2) is 13.0. The molecule has 0 spiro atoms. The molecule has 0 saturated heterocycles. The van der Waals surface area contributed by atoms with Crippen LogP contribution in [-0.4, -0.2) is 67.9 Å². The van der Waals surface area contributed by atoms with Gasteiger partial charge in [0, 0.05) is 20.6 Å². The number of carbonyl (C=O) groups excluding carboxylic acids is 3. The molecular weight excluding hydrogens is 370 g/mol. The predicted molar refractivity (Wildman–Crippen MR) is 117 cm³/mol. The van der Waals surface area contributed by atoms with Crippen LogP contribution in [0.1, 0.15) is 61.3 Å². The summed E-state index contributed by atoms with van der Waals surface area (Å²) in [7, 11) is 5.06. The molecule has 0 aliphatic carbocycles. The fourth-order valence-electron chi connectivity index (χ4n) is 3.76. The summed E-state index contributed by atoms with van der Waals surface area (Å²) < 4.78 is 5.61. The van der Waals surface area contributed by atoms with Gasteiger partial charge in [-0.25, -0.2) is 0 Å². The molecule has 7 heteroatoms. The third kappa shape index (κ3) is 8.05. The Labute approximate surface area is 177 Å². The topological polar surface area (TPSA) is 87.7 Å². The molecule has 0 fully saturated rings. The second-order valence-electron chi connectivity index (χ2n) is 8.75. The fraction of sp³-hybridized carbons (Fsp3) is 0.864. The lowest BCUT2D eigenvalue weighted by Gasteiger charge is -2.40. The van der Waals surface area contributed by atoms with Crippen LogP contribution in [0.2, 0.25) is 0 Å². The standard InChI is InChI=1S/C22H43N3O4/c1-11-15(6)20(17(29-10)12-16(7)26)25(9)22(28)19(14(4)5)24-21(27)18(23-8)13(2)3/h13-15,17-20,23H,11-12H2,1-10H3,(H,24,27). The number of ether oxygens (including phenoxy) is 1. The zero-order valence-electron chi connectivity index (χ0n) is 20.0. The van der Waals surface area contributed by atoms with Crippen LogP contribution in [-0.2, 0) is 19.1 Å². The quantitative estimate of drug-likeness (QED) is 0.483. The number of likely N-dealkylation sites (N-methyl/N-ethyl adjacent to an activating group) is 2. The number of Topliss-reactive ketones (excluding diaryl/α,β-unsaturated/α-hetero) is 1. The van der Waals surface area contributed by atoms with Crippen LogP contribution in [0.5, 0.6) is 0 Å². The van der Waals surface area contributed by atoms with Gasteiger partial charge in [-0.1, -0.05) is 48.0 Å². The van der Waals surface area contributed by atoms with Crippen molar-refractivity contribution in [3.8, 4) is 0 Å². The summed E-state index contributed by atoms with van der Waals surface area (Å²) >= 11 is 0. The van der Waals surface area contributed by atoms with Crippen LogP contribution < -0.4 is 10.6 Å². The van der Waals surface area contributed by atoms with Gasteiger partial charge in [0.25, 0.3) is 0 Å². The molecule has 5 unspecified atom stereocenters. The van der Waals surface area contributed by atoms with E-state index in [4.69, 9.17) is 4.74 Å². The van der Waals surface area contributed by atoms with Gasteiger partial charge in [-0.3, -0.25) is 14.4 Å². The lowest BCUT2D eigenvalue weighted by molar-refractivity contribution is -0.144. The Morgan fingerprint density at radius 3 is 1.86 bits per heavy atom. The zero-order valence-corrected chi connectivity index (χ0v) is 20.0. The first kappa shape index (κ1) is 27.5. The number of methoxy groups -OCH3 is 1. The van der Waals surface area contributed by atoms with Crippen molar-refractivity contribution in [2.75, 3.05) is 21.2 Å². The summed E-state index contributed by atoms with van der Waals surface area (Å²) in [6.45, 7) is 13.4. The van der Waals surface area contributed by atoms with Crippen LogP contribution in [0, 0.1) is 17.8 Å². The molecule has 0 saturated carbocycles. The number of hydrogen-bond acceptors (Lipinski definition) is 5. The molecule has 0 bridgehead atoms. The Kier molecular flexibility index (Phi) is 12.3. The lowest BCUT2D eigenvalue weighted by Crippen LogP contribution is -2.59. The summed E-state index contributed by atoms with van der Waals surface area (Å²) in [6, 6.07) is -1.28. The molecule has 0 radical (unpaired) electrons. The van der Waals surface area contributed by atoms with Crippen molar-refractivity contribution in [1.29, 1.82) is 0 Å². The molecule has 0 aromatic heterocycles. The van der Waals surface area contributed by atoms with E-state index >= 15 is 0 Å². The zero-order chi connectivity index (χ0) is 22.9. The van der Waals surface area contributed by atoms with E-state index in [0.717, 1.165) is 6.42 Å². The maximum absolute atomic E-state index is 13.4. The van der Waals surface area contributed by atoms with E-state index in [1.54, 1.807) is 26.1 Å². The minimum absolute atomic E-state index is 0.0218. The van der Waals surface area contributed by atoms with Gasteiger partial charge < -0.3 is 20.3 Å². The largest absolute Gasteiger partial charge is 0.379 e. The minimum atomic E-state index is -0.650. The number of nitrogens with one attached hydrogen (secondary N) is 2. The minimum Gasteiger partial charge on any atom is -0.379 e.